The summed E-state index contributed by atoms with van der Waals surface area (Å²) in [5.41, 5.74) is 3.09. The first-order chi connectivity index (χ1) is 11.1. The highest BCUT2D eigenvalue weighted by Crippen LogP contribution is 2.19. The highest BCUT2D eigenvalue weighted by Gasteiger charge is 2.04. The lowest BCUT2D eigenvalue weighted by Gasteiger charge is -2.10. The first-order valence-corrected chi connectivity index (χ1v) is 7.86. The minimum atomic E-state index is -0.0436. The molecule has 0 unspecified atom stereocenters. The van der Waals surface area contributed by atoms with Gasteiger partial charge in [-0.15, -0.1) is 0 Å². The van der Waals surface area contributed by atoms with Gasteiger partial charge in [0.2, 0.25) is 5.91 Å². The molecule has 0 heterocycles. The van der Waals surface area contributed by atoms with Crippen LogP contribution in [-0.4, -0.2) is 26.1 Å². The molecule has 0 aliphatic carbocycles. The number of carbonyl (C=O) groups is 1. The number of aryl methyl sites for hydroxylation is 1. The number of hydrogen-bond acceptors (Lipinski definition) is 3. The third kappa shape index (κ3) is 5.49. The SMILES string of the molecule is COc1ccc(CCNC(=O)CNc2cc(Cl)ccc2C)cc1. The first-order valence-electron chi connectivity index (χ1n) is 7.48. The Bertz CT molecular complexity index is 657. The predicted molar refractivity (Wildman–Crippen MR) is 94.4 cm³/mol. The van der Waals surface area contributed by atoms with E-state index in [1.54, 1.807) is 7.11 Å². The zero-order chi connectivity index (χ0) is 16.7. The molecule has 2 aromatic carbocycles. The van der Waals surface area contributed by atoms with Crippen molar-refractivity contribution in [2.75, 3.05) is 25.5 Å². The van der Waals surface area contributed by atoms with E-state index < -0.39 is 0 Å². The van der Waals surface area contributed by atoms with Gasteiger partial charge in [0, 0.05) is 17.3 Å². The van der Waals surface area contributed by atoms with Crippen molar-refractivity contribution in [3.63, 3.8) is 0 Å². The van der Waals surface area contributed by atoms with E-state index in [0.717, 1.165) is 29.0 Å². The first kappa shape index (κ1) is 17.2. The summed E-state index contributed by atoms with van der Waals surface area (Å²) >= 11 is 5.96. The average molecular weight is 333 g/mol. The number of hydrogen-bond donors (Lipinski definition) is 2. The molecule has 0 fully saturated rings. The van der Waals surface area contributed by atoms with Crippen molar-refractivity contribution in [2.45, 2.75) is 13.3 Å². The monoisotopic (exact) mass is 332 g/mol. The molecule has 0 saturated carbocycles. The van der Waals surface area contributed by atoms with E-state index in [0.29, 0.717) is 11.6 Å². The summed E-state index contributed by atoms with van der Waals surface area (Å²) < 4.78 is 5.12. The summed E-state index contributed by atoms with van der Waals surface area (Å²) in [5, 5.41) is 6.65. The molecule has 5 heteroatoms. The zero-order valence-electron chi connectivity index (χ0n) is 13.4. The highest BCUT2D eigenvalue weighted by atomic mass is 35.5. The van der Waals surface area contributed by atoms with Gasteiger partial charge in [-0.3, -0.25) is 4.79 Å². The maximum atomic E-state index is 11.9. The molecule has 0 aliphatic rings. The van der Waals surface area contributed by atoms with Crippen LogP contribution in [0.4, 0.5) is 5.69 Å². The lowest BCUT2D eigenvalue weighted by Crippen LogP contribution is -2.31. The van der Waals surface area contributed by atoms with Crippen molar-refractivity contribution in [3.8, 4) is 5.75 Å². The van der Waals surface area contributed by atoms with Crippen LogP contribution in [0.1, 0.15) is 11.1 Å². The fourth-order valence-corrected chi connectivity index (χ4v) is 2.33. The van der Waals surface area contributed by atoms with Crippen LogP contribution >= 0.6 is 11.6 Å². The molecule has 122 valence electrons. The summed E-state index contributed by atoms with van der Waals surface area (Å²) in [5.74, 6) is 0.789. The molecule has 0 spiro atoms. The van der Waals surface area contributed by atoms with Gasteiger partial charge >= 0.3 is 0 Å². The quantitative estimate of drug-likeness (QED) is 0.816. The molecular weight excluding hydrogens is 312 g/mol. The topological polar surface area (TPSA) is 50.4 Å². The predicted octanol–water partition coefficient (Wildman–Crippen LogP) is 3.43. The van der Waals surface area contributed by atoms with Gasteiger partial charge < -0.3 is 15.4 Å². The molecule has 2 rings (SSSR count). The van der Waals surface area contributed by atoms with Crippen molar-refractivity contribution in [2.24, 2.45) is 0 Å². The van der Waals surface area contributed by atoms with Gasteiger partial charge in [-0.05, 0) is 48.7 Å². The number of rotatable bonds is 7. The largest absolute Gasteiger partial charge is 0.497 e. The molecule has 0 aliphatic heterocycles. The number of nitrogens with one attached hydrogen (secondary N) is 2. The van der Waals surface area contributed by atoms with Crippen LogP contribution in [0, 0.1) is 6.92 Å². The van der Waals surface area contributed by atoms with E-state index in [4.69, 9.17) is 16.3 Å². The van der Waals surface area contributed by atoms with Crippen molar-refractivity contribution >= 4 is 23.2 Å². The van der Waals surface area contributed by atoms with E-state index in [2.05, 4.69) is 10.6 Å². The summed E-state index contributed by atoms with van der Waals surface area (Å²) in [7, 11) is 1.64. The van der Waals surface area contributed by atoms with E-state index in [-0.39, 0.29) is 12.5 Å². The molecule has 0 atom stereocenters. The summed E-state index contributed by atoms with van der Waals surface area (Å²) in [4.78, 5) is 11.9. The smallest absolute Gasteiger partial charge is 0.239 e. The highest BCUT2D eigenvalue weighted by molar-refractivity contribution is 6.30. The second kappa shape index (κ2) is 8.44. The number of anilines is 1. The molecule has 4 nitrogen and oxygen atoms in total. The van der Waals surface area contributed by atoms with Gasteiger partial charge in [-0.25, -0.2) is 0 Å². The van der Waals surface area contributed by atoms with Crippen LogP contribution in [-0.2, 0) is 11.2 Å². The Labute approximate surface area is 141 Å². The van der Waals surface area contributed by atoms with Gasteiger partial charge in [0.1, 0.15) is 5.75 Å². The van der Waals surface area contributed by atoms with Crippen LogP contribution < -0.4 is 15.4 Å². The number of methoxy groups -OCH3 is 1. The lowest BCUT2D eigenvalue weighted by molar-refractivity contribution is -0.119. The van der Waals surface area contributed by atoms with Gasteiger partial charge in [0.15, 0.2) is 0 Å². The Morgan fingerprint density at radius 2 is 1.91 bits per heavy atom. The average Bonchev–Trinajstić information content (AvgIpc) is 2.56. The Morgan fingerprint density at radius 1 is 1.17 bits per heavy atom. The molecule has 23 heavy (non-hydrogen) atoms. The fraction of sp³-hybridized carbons (Fsp3) is 0.278. The van der Waals surface area contributed by atoms with Gasteiger partial charge in [0.25, 0.3) is 0 Å². The third-order valence-electron chi connectivity index (χ3n) is 3.53. The Kier molecular flexibility index (Phi) is 6.29. The van der Waals surface area contributed by atoms with Crippen molar-refractivity contribution in [1.29, 1.82) is 0 Å². The summed E-state index contributed by atoms with van der Waals surface area (Å²) in [6.45, 7) is 2.80. The van der Waals surface area contributed by atoms with E-state index in [1.807, 2.05) is 49.4 Å². The third-order valence-corrected chi connectivity index (χ3v) is 3.77. The van der Waals surface area contributed by atoms with Gasteiger partial charge in [-0.2, -0.15) is 0 Å². The zero-order valence-corrected chi connectivity index (χ0v) is 14.1. The van der Waals surface area contributed by atoms with Crippen LogP contribution in [0.25, 0.3) is 0 Å². The fourth-order valence-electron chi connectivity index (χ4n) is 2.16. The minimum Gasteiger partial charge on any atom is -0.497 e. The maximum absolute atomic E-state index is 11.9. The second-order valence-corrected chi connectivity index (χ2v) is 5.70. The Hall–Kier alpha value is -2.20. The van der Waals surface area contributed by atoms with E-state index in [9.17, 15) is 4.79 Å². The lowest BCUT2D eigenvalue weighted by atomic mass is 10.1. The molecular formula is C18H21ClN2O2. The van der Waals surface area contributed by atoms with Gasteiger partial charge in [0.05, 0.1) is 13.7 Å². The Morgan fingerprint density at radius 3 is 2.61 bits per heavy atom. The molecule has 2 aromatic rings. The number of carbonyl (C=O) groups excluding carboxylic acids is 1. The Balaban J connectivity index is 1.73. The standard InChI is InChI=1S/C18H21ClN2O2/c1-13-3-6-15(19)11-17(13)21-12-18(22)20-10-9-14-4-7-16(23-2)8-5-14/h3-8,11,21H,9-10,12H2,1-2H3,(H,20,22). The molecule has 0 aromatic heterocycles. The summed E-state index contributed by atoms with van der Waals surface area (Å²) in [6.07, 6.45) is 0.784. The molecule has 0 radical (unpaired) electrons. The number of ether oxygens (including phenoxy) is 1. The second-order valence-electron chi connectivity index (χ2n) is 5.26. The van der Waals surface area contributed by atoms with Crippen LogP contribution in [0.15, 0.2) is 42.5 Å². The van der Waals surface area contributed by atoms with Crippen molar-refractivity contribution in [3.05, 3.63) is 58.6 Å². The molecule has 0 saturated heterocycles. The van der Waals surface area contributed by atoms with Crippen molar-refractivity contribution < 1.29 is 9.53 Å². The van der Waals surface area contributed by atoms with E-state index in [1.165, 1.54) is 0 Å². The van der Waals surface area contributed by atoms with E-state index >= 15 is 0 Å². The van der Waals surface area contributed by atoms with Crippen LogP contribution in [0.2, 0.25) is 5.02 Å². The van der Waals surface area contributed by atoms with Crippen molar-refractivity contribution in [1.82, 2.24) is 5.32 Å². The molecule has 1 amide bonds. The minimum absolute atomic E-state index is 0.0436. The van der Waals surface area contributed by atoms with Crippen LogP contribution in [0.5, 0.6) is 5.75 Å². The number of amides is 1. The number of halogens is 1. The maximum Gasteiger partial charge on any atom is 0.239 e. The summed E-state index contributed by atoms with van der Waals surface area (Å²) in [6, 6.07) is 13.4. The molecule has 0 bridgehead atoms. The molecule has 2 N–H and O–H groups in total. The number of benzene rings is 2. The van der Waals surface area contributed by atoms with Crippen LogP contribution in [0.3, 0.4) is 0 Å². The normalized spacial score (nSPS) is 10.2. The van der Waals surface area contributed by atoms with Gasteiger partial charge in [-0.1, -0.05) is 29.8 Å².